The van der Waals surface area contributed by atoms with E-state index in [9.17, 15) is 19.3 Å². The molecule has 1 N–H and O–H groups in total. The number of hydrogen-bond donors (Lipinski definition) is 1. The van der Waals surface area contributed by atoms with Crippen molar-refractivity contribution in [1.29, 1.82) is 0 Å². The number of nitrogens with zero attached hydrogens (tertiary/aromatic N) is 5. The van der Waals surface area contributed by atoms with Crippen LogP contribution in [0.25, 0.3) is 0 Å². The van der Waals surface area contributed by atoms with Crippen molar-refractivity contribution in [2.45, 2.75) is 33.4 Å². The van der Waals surface area contributed by atoms with E-state index in [1.54, 1.807) is 49.7 Å². The lowest BCUT2D eigenvalue weighted by molar-refractivity contribution is -0.389. The van der Waals surface area contributed by atoms with Crippen LogP contribution in [-0.4, -0.2) is 30.4 Å². The third-order valence-corrected chi connectivity index (χ3v) is 4.35. The molecule has 0 saturated carbocycles. The zero-order chi connectivity index (χ0) is 20.4. The van der Waals surface area contributed by atoms with E-state index in [-0.39, 0.29) is 18.2 Å². The van der Waals surface area contributed by atoms with Crippen LogP contribution in [0, 0.1) is 29.8 Å². The second-order valence-electron chi connectivity index (χ2n) is 6.43. The summed E-state index contributed by atoms with van der Waals surface area (Å²) >= 11 is 0. The minimum absolute atomic E-state index is 0.231. The van der Waals surface area contributed by atoms with E-state index in [2.05, 4.69) is 15.5 Å². The number of aryl methyl sites for hydroxylation is 2. The van der Waals surface area contributed by atoms with Gasteiger partial charge in [0.1, 0.15) is 11.9 Å². The topological polar surface area (TPSA) is 108 Å². The fraction of sp³-hybridized carbons (Fsp3) is 0.278. The molecule has 9 nitrogen and oxygen atoms in total. The zero-order valence-corrected chi connectivity index (χ0v) is 15.6. The van der Waals surface area contributed by atoms with Gasteiger partial charge in [-0.2, -0.15) is 9.78 Å². The van der Waals surface area contributed by atoms with Crippen molar-refractivity contribution < 1.29 is 14.1 Å². The number of hydrogen-bond acceptors (Lipinski definition) is 5. The molecule has 10 heteroatoms. The molecule has 3 aromatic rings. The third-order valence-electron chi connectivity index (χ3n) is 4.35. The first-order chi connectivity index (χ1) is 13.3. The Morgan fingerprint density at radius 2 is 1.96 bits per heavy atom. The van der Waals surface area contributed by atoms with Gasteiger partial charge in [0.25, 0.3) is 5.91 Å². The third kappa shape index (κ3) is 3.90. The molecule has 0 aliphatic carbocycles. The van der Waals surface area contributed by atoms with Gasteiger partial charge >= 0.3 is 5.82 Å². The second-order valence-corrected chi connectivity index (χ2v) is 6.43. The molecule has 1 amide bonds. The summed E-state index contributed by atoms with van der Waals surface area (Å²) in [5, 5.41) is 21.7. The van der Waals surface area contributed by atoms with Crippen LogP contribution in [0.4, 0.5) is 16.0 Å². The van der Waals surface area contributed by atoms with Crippen molar-refractivity contribution in [3.8, 4) is 0 Å². The summed E-state index contributed by atoms with van der Waals surface area (Å²) in [6.45, 7) is 5.25. The highest BCUT2D eigenvalue weighted by Gasteiger charge is 2.25. The maximum Gasteiger partial charge on any atom is 0.390 e. The van der Waals surface area contributed by atoms with Gasteiger partial charge in [0, 0.05) is 17.3 Å². The average molecular weight is 386 g/mol. The molecule has 0 aliphatic rings. The molecule has 1 atom stereocenters. The number of rotatable bonds is 6. The number of benzene rings is 1. The standard InChI is InChI=1S/C18H19FN6O3/c1-11-8-16(21-23(11)10-14-6-4-5-7-15(14)19)20-18(26)13(3)24-12(2)9-17(22-24)25(27)28/h4-9,13H,10H2,1-3H3,(H,20,21,26). The Kier molecular flexibility index (Phi) is 5.21. The number of anilines is 1. The number of nitrogens with one attached hydrogen (secondary N) is 1. The lowest BCUT2D eigenvalue weighted by Gasteiger charge is -2.10. The molecule has 1 aromatic carbocycles. The van der Waals surface area contributed by atoms with Gasteiger partial charge in [-0.15, -0.1) is 0 Å². The summed E-state index contributed by atoms with van der Waals surface area (Å²) in [6, 6.07) is 8.61. The van der Waals surface area contributed by atoms with Crippen molar-refractivity contribution in [3.05, 3.63) is 69.3 Å². The molecule has 3 rings (SSSR count). The van der Waals surface area contributed by atoms with Gasteiger partial charge in [-0.05, 0) is 31.8 Å². The first-order valence-corrected chi connectivity index (χ1v) is 8.55. The van der Waals surface area contributed by atoms with Crippen molar-refractivity contribution in [1.82, 2.24) is 19.6 Å². The van der Waals surface area contributed by atoms with Gasteiger partial charge in [-0.25, -0.2) is 4.39 Å². The number of halogens is 1. The number of amides is 1. The summed E-state index contributed by atoms with van der Waals surface area (Å²) in [4.78, 5) is 22.8. The van der Waals surface area contributed by atoms with Crippen LogP contribution in [0.2, 0.25) is 0 Å². The molecule has 0 aliphatic heterocycles. The number of carbonyl (C=O) groups is 1. The first-order valence-electron chi connectivity index (χ1n) is 8.55. The maximum atomic E-state index is 13.8. The largest absolute Gasteiger partial charge is 0.390 e. The fourth-order valence-corrected chi connectivity index (χ4v) is 2.81. The minimum Gasteiger partial charge on any atom is -0.358 e. The maximum absolute atomic E-state index is 13.8. The molecule has 0 radical (unpaired) electrons. The molecule has 1 unspecified atom stereocenters. The predicted octanol–water partition coefficient (Wildman–Crippen LogP) is 2.99. The lowest BCUT2D eigenvalue weighted by atomic mass is 10.2. The Labute approximate surface area is 159 Å². The Balaban J connectivity index is 1.74. The van der Waals surface area contributed by atoms with Gasteiger partial charge in [0.2, 0.25) is 0 Å². The van der Waals surface area contributed by atoms with Crippen LogP contribution in [0.5, 0.6) is 0 Å². The second kappa shape index (κ2) is 7.59. The van der Waals surface area contributed by atoms with Gasteiger partial charge in [0.05, 0.1) is 23.4 Å². The van der Waals surface area contributed by atoms with Crippen molar-refractivity contribution in [3.63, 3.8) is 0 Å². The van der Waals surface area contributed by atoms with Gasteiger partial charge in [0.15, 0.2) is 5.82 Å². The summed E-state index contributed by atoms with van der Waals surface area (Å²) in [5.41, 5.74) is 1.73. The van der Waals surface area contributed by atoms with Crippen LogP contribution in [0.15, 0.2) is 36.4 Å². The molecule has 0 saturated heterocycles. The van der Waals surface area contributed by atoms with E-state index in [0.717, 1.165) is 5.69 Å². The quantitative estimate of drug-likeness (QED) is 0.517. The summed E-state index contributed by atoms with van der Waals surface area (Å²) < 4.78 is 16.7. The highest BCUT2D eigenvalue weighted by Crippen LogP contribution is 2.18. The molecular formula is C18H19FN6O3. The van der Waals surface area contributed by atoms with Crippen molar-refractivity contribution >= 4 is 17.5 Å². The Hall–Kier alpha value is -3.56. The Morgan fingerprint density at radius 1 is 1.25 bits per heavy atom. The highest BCUT2D eigenvalue weighted by atomic mass is 19.1. The van der Waals surface area contributed by atoms with Gasteiger partial charge in [-0.3, -0.25) is 9.48 Å². The SMILES string of the molecule is Cc1cc(NC(=O)C(C)n2nc([N+](=O)[O-])cc2C)nn1Cc1ccccc1F. The van der Waals surface area contributed by atoms with Crippen LogP contribution in [0.1, 0.15) is 29.9 Å². The van der Waals surface area contributed by atoms with E-state index >= 15 is 0 Å². The minimum atomic E-state index is -0.772. The average Bonchev–Trinajstić information content (AvgIpc) is 3.19. The van der Waals surface area contributed by atoms with Crippen LogP contribution < -0.4 is 5.32 Å². The van der Waals surface area contributed by atoms with E-state index in [1.807, 2.05) is 0 Å². The van der Waals surface area contributed by atoms with E-state index in [4.69, 9.17) is 0 Å². The summed E-state index contributed by atoms with van der Waals surface area (Å²) in [5.74, 6) is -0.754. The summed E-state index contributed by atoms with van der Waals surface area (Å²) in [6.07, 6.45) is 0. The first kappa shape index (κ1) is 19.2. The number of aromatic nitrogens is 4. The molecule has 2 heterocycles. The van der Waals surface area contributed by atoms with Crippen LogP contribution in [-0.2, 0) is 11.3 Å². The molecule has 2 aromatic heterocycles. The van der Waals surface area contributed by atoms with Crippen LogP contribution >= 0.6 is 0 Å². The molecule has 28 heavy (non-hydrogen) atoms. The Morgan fingerprint density at radius 3 is 2.61 bits per heavy atom. The molecular weight excluding hydrogens is 367 g/mol. The smallest absolute Gasteiger partial charge is 0.358 e. The molecule has 0 spiro atoms. The monoisotopic (exact) mass is 386 g/mol. The Bertz CT molecular complexity index is 1040. The fourth-order valence-electron chi connectivity index (χ4n) is 2.81. The van der Waals surface area contributed by atoms with E-state index < -0.39 is 16.9 Å². The molecule has 146 valence electrons. The van der Waals surface area contributed by atoms with Crippen LogP contribution in [0.3, 0.4) is 0 Å². The molecule has 0 fully saturated rings. The normalized spacial score (nSPS) is 12.0. The van der Waals surface area contributed by atoms with E-state index in [1.165, 1.54) is 16.8 Å². The lowest BCUT2D eigenvalue weighted by Crippen LogP contribution is -2.25. The molecule has 0 bridgehead atoms. The number of carbonyl (C=O) groups excluding carboxylic acids is 1. The predicted molar refractivity (Wildman–Crippen MR) is 99.4 cm³/mol. The van der Waals surface area contributed by atoms with Gasteiger partial charge in [-0.1, -0.05) is 18.2 Å². The highest BCUT2D eigenvalue weighted by molar-refractivity contribution is 5.92. The summed E-state index contributed by atoms with van der Waals surface area (Å²) in [7, 11) is 0. The zero-order valence-electron chi connectivity index (χ0n) is 15.6. The number of nitro groups is 1. The van der Waals surface area contributed by atoms with E-state index in [0.29, 0.717) is 17.1 Å². The van der Waals surface area contributed by atoms with Gasteiger partial charge < -0.3 is 15.4 Å². The van der Waals surface area contributed by atoms with Crippen molar-refractivity contribution in [2.75, 3.05) is 5.32 Å². The van der Waals surface area contributed by atoms with Crippen molar-refractivity contribution in [2.24, 2.45) is 0 Å².